The largest absolute Gasteiger partial charge is 0.507 e. The molecule has 174 valence electrons. The summed E-state index contributed by atoms with van der Waals surface area (Å²) in [7, 11) is 0. The monoisotopic (exact) mass is 458 g/mol. The highest BCUT2D eigenvalue weighted by atomic mass is 16.5. The summed E-state index contributed by atoms with van der Waals surface area (Å²) in [4.78, 5) is 32.0. The van der Waals surface area contributed by atoms with Crippen LogP contribution in [0.4, 0.5) is 5.69 Å². The Bertz CT molecular complexity index is 1280. The molecule has 0 saturated carbocycles. The van der Waals surface area contributed by atoms with E-state index in [2.05, 4.69) is 4.98 Å². The Morgan fingerprint density at radius 2 is 1.88 bits per heavy atom. The molecular formula is C27H26N2O5. The fourth-order valence-corrected chi connectivity index (χ4v) is 4.05. The summed E-state index contributed by atoms with van der Waals surface area (Å²) in [6.07, 6.45) is 2.41. The summed E-state index contributed by atoms with van der Waals surface area (Å²) in [5, 5.41) is 21.8. The van der Waals surface area contributed by atoms with Gasteiger partial charge in [-0.15, -0.1) is 0 Å². The number of hydrogen-bond donors (Lipinski definition) is 2. The first kappa shape index (κ1) is 23.0. The SMILES string of the molecule is CCCOc1ccc(/C(O)=C2/C(=O)C(=O)N(c3cc(C)ccc3O)C2c2ccccn2)cc1C. The van der Waals surface area contributed by atoms with Gasteiger partial charge >= 0.3 is 0 Å². The Kier molecular flexibility index (Phi) is 6.36. The van der Waals surface area contributed by atoms with Crippen molar-refractivity contribution in [3.8, 4) is 11.5 Å². The number of phenolic OH excluding ortho intramolecular Hbond substituents is 1. The third-order valence-corrected chi connectivity index (χ3v) is 5.71. The number of anilines is 1. The normalized spacial score (nSPS) is 17.3. The zero-order valence-corrected chi connectivity index (χ0v) is 19.3. The van der Waals surface area contributed by atoms with Crippen molar-refractivity contribution < 1.29 is 24.5 Å². The maximum atomic E-state index is 13.2. The first-order valence-corrected chi connectivity index (χ1v) is 11.1. The van der Waals surface area contributed by atoms with Crippen LogP contribution in [0, 0.1) is 13.8 Å². The van der Waals surface area contributed by atoms with Gasteiger partial charge in [-0.3, -0.25) is 19.5 Å². The van der Waals surface area contributed by atoms with Crippen LogP contribution >= 0.6 is 0 Å². The number of rotatable bonds is 6. The quantitative estimate of drug-likeness (QED) is 0.312. The third kappa shape index (κ3) is 4.12. The molecule has 2 heterocycles. The van der Waals surface area contributed by atoms with E-state index >= 15 is 0 Å². The minimum Gasteiger partial charge on any atom is -0.507 e. The molecule has 0 spiro atoms. The van der Waals surface area contributed by atoms with E-state index in [9.17, 15) is 19.8 Å². The Labute approximate surface area is 198 Å². The number of benzene rings is 2. The summed E-state index contributed by atoms with van der Waals surface area (Å²) in [5.41, 5.74) is 2.45. The molecule has 34 heavy (non-hydrogen) atoms. The average Bonchev–Trinajstić information content (AvgIpc) is 3.10. The number of hydrogen-bond acceptors (Lipinski definition) is 6. The molecule has 3 aromatic rings. The fraction of sp³-hybridized carbons (Fsp3) is 0.222. The number of carbonyl (C=O) groups is 2. The number of amides is 1. The van der Waals surface area contributed by atoms with Gasteiger partial charge in [-0.25, -0.2) is 0 Å². The van der Waals surface area contributed by atoms with E-state index in [1.54, 1.807) is 54.7 Å². The molecule has 1 amide bonds. The number of aromatic nitrogens is 1. The van der Waals surface area contributed by atoms with Crippen LogP contribution < -0.4 is 9.64 Å². The second-order valence-corrected chi connectivity index (χ2v) is 8.24. The molecule has 7 nitrogen and oxygen atoms in total. The third-order valence-electron chi connectivity index (χ3n) is 5.71. The van der Waals surface area contributed by atoms with Crippen LogP contribution in [0.25, 0.3) is 5.76 Å². The van der Waals surface area contributed by atoms with Gasteiger partial charge in [0.2, 0.25) is 0 Å². The summed E-state index contributed by atoms with van der Waals surface area (Å²) in [6.45, 7) is 6.25. The number of pyridine rings is 1. The molecule has 1 aliphatic heterocycles. The van der Waals surface area contributed by atoms with Gasteiger partial charge in [-0.1, -0.05) is 19.1 Å². The van der Waals surface area contributed by atoms with E-state index in [4.69, 9.17) is 4.74 Å². The molecular weight excluding hydrogens is 432 g/mol. The van der Waals surface area contributed by atoms with Crippen molar-refractivity contribution in [1.82, 2.24) is 4.98 Å². The lowest BCUT2D eigenvalue weighted by Crippen LogP contribution is -2.30. The Morgan fingerprint density at radius 3 is 2.56 bits per heavy atom. The van der Waals surface area contributed by atoms with E-state index in [0.717, 1.165) is 17.5 Å². The van der Waals surface area contributed by atoms with Gasteiger partial charge in [0.1, 0.15) is 23.3 Å². The molecule has 1 fully saturated rings. The van der Waals surface area contributed by atoms with Crippen molar-refractivity contribution >= 4 is 23.1 Å². The van der Waals surface area contributed by atoms with Crippen molar-refractivity contribution in [2.24, 2.45) is 0 Å². The van der Waals surface area contributed by atoms with Gasteiger partial charge in [0.05, 0.1) is 23.6 Å². The van der Waals surface area contributed by atoms with Crippen molar-refractivity contribution in [2.75, 3.05) is 11.5 Å². The molecule has 1 saturated heterocycles. The highest BCUT2D eigenvalue weighted by molar-refractivity contribution is 6.51. The van der Waals surface area contributed by atoms with Crippen molar-refractivity contribution in [2.45, 2.75) is 33.2 Å². The molecule has 2 aromatic carbocycles. The maximum absolute atomic E-state index is 13.2. The van der Waals surface area contributed by atoms with Crippen LogP contribution in [0.3, 0.4) is 0 Å². The van der Waals surface area contributed by atoms with Crippen LogP contribution in [-0.2, 0) is 9.59 Å². The van der Waals surface area contributed by atoms with Crippen molar-refractivity contribution in [1.29, 1.82) is 0 Å². The topological polar surface area (TPSA) is 100.0 Å². The number of Topliss-reactive ketones (excluding diaryl/α,β-unsaturated/α-hetero) is 1. The number of phenols is 1. The molecule has 4 rings (SSSR count). The standard InChI is InChI=1S/C27H26N2O5/c1-4-13-34-22-11-9-18(15-17(22)3)25(31)23-24(19-7-5-6-12-28-19)29(27(33)26(23)32)20-14-16(2)8-10-21(20)30/h5-12,14-15,24,30-31H,4,13H2,1-3H3/b25-23-. The van der Waals surface area contributed by atoms with Crippen LogP contribution in [0.15, 0.2) is 66.4 Å². The second-order valence-electron chi connectivity index (χ2n) is 8.24. The molecule has 0 aliphatic carbocycles. The second kappa shape index (κ2) is 9.39. The highest BCUT2D eigenvalue weighted by Gasteiger charge is 2.48. The average molecular weight is 459 g/mol. The van der Waals surface area contributed by atoms with Gasteiger partial charge in [0.15, 0.2) is 0 Å². The predicted octanol–water partition coefficient (Wildman–Crippen LogP) is 4.82. The first-order chi connectivity index (χ1) is 16.3. The molecule has 1 atom stereocenters. The number of ether oxygens (including phenoxy) is 1. The molecule has 0 bridgehead atoms. The van der Waals surface area contributed by atoms with Crippen LogP contribution in [0.5, 0.6) is 11.5 Å². The number of aryl methyl sites for hydroxylation is 2. The Morgan fingerprint density at radius 1 is 1.09 bits per heavy atom. The minimum atomic E-state index is -1.01. The summed E-state index contributed by atoms with van der Waals surface area (Å²) in [6, 6.07) is 14.0. The van der Waals surface area contributed by atoms with Gasteiger partial charge in [-0.05, 0) is 73.9 Å². The molecule has 2 N–H and O–H groups in total. The number of carbonyl (C=O) groups excluding carboxylic acids is 2. The van der Waals surface area contributed by atoms with E-state index < -0.39 is 17.7 Å². The smallest absolute Gasteiger partial charge is 0.300 e. The van der Waals surface area contributed by atoms with Crippen LogP contribution in [-0.4, -0.2) is 33.5 Å². The molecule has 1 aromatic heterocycles. The number of aliphatic hydroxyl groups excluding tert-OH is 1. The lowest BCUT2D eigenvalue weighted by Gasteiger charge is -2.25. The van der Waals surface area contributed by atoms with Gasteiger partial charge in [0.25, 0.3) is 11.7 Å². The van der Waals surface area contributed by atoms with Crippen molar-refractivity contribution in [3.05, 3.63) is 88.8 Å². The highest BCUT2D eigenvalue weighted by Crippen LogP contribution is 2.44. The summed E-state index contributed by atoms with van der Waals surface area (Å²) in [5.74, 6) is -1.48. The molecule has 1 unspecified atom stereocenters. The molecule has 0 radical (unpaired) electrons. The zero-order valence-electron chi connectivity index (χ0n) is 19.3. The maximum Gasteiger partial charge on any atom is 0.300 e. The number of ketones is 1. The van der Waals surface area contributed by atoms with E-state index in [0.29, 0.717) is 23.6 Å². The Balaban J connectivity index is 1.89. The lowest BCUT2D eigenvalue weighted by atomic mass is 9.97. The van der Waals surface area contributed by atoms with Crippen LogP contribution in [0.1, 0.15) is 41.8 Å². The minimum absolute atomic E-state index is 0.0915. The lowest BCUT2D eigenvalue weighted by molar-refractivity contribution is -0.132. The molecule has 1 aliphatic rings. The first-order valence-electron chi connectivity index (χ1n) is 11.1. The molecule has 7 heteroatoms. The van der Waals surface area contributed by atoms with E-state index in [-0.39, 0.29) is 22.8 Å². The van der Waals surface area contributed by atoms with Gasteiger partial charge < -0.3 is 14.9 Å². The summed E-state index contributed by atoms with van der Waals surface area (Å²) < 4.78 is 5.71. The van der Waals surface area contributed by atoms with Gasteiger partial charge in [0, 0.05) is 11.8 Å². The van der Waals surface area contributed by atoms with Gasteiger partial charge in [-0.2, -0.15) is 0 Å². The van der Waals surface area contributed by atoms with Crippen LogP contribution in [0.2, 0.25) is 0 Å². The summed E-state index contributed by atoms with van der Waals surface area (Å²) >= 11 is 0. The van der Waals surface area contributed by atoms with E-state index in [1.807, 2.05) is 20.8 Å². The fourth-order valence-electron chi connectivity index (χ4n) is 4.05. The number of nitrogens with zero attached hydrogens (tertiary/aromatic N) is 2. The number of aliphatic hydroxyl groups is 1. The predicted molar refractivity (Wildman–Crippen MR) is 129 cm³/mol. The Hall–Kier alpha value is -4.13. The number of aromatic hydroxyl groups is 1. The van der Waals surface area contributed by atoms with E-state index in [1.165, 1.54) is 11.0 Å². The zero-order chi connectivity index (χ0) is 24.4. The van der Waals surface area contributed by atoms with Crippen molar-refractivity contribution in [3.63, 3.8) is 0 Å².